The Bertz CT molecular complexity index is 1660. The lowest BCUT2D eigenvalue weighted by molar-refractivity contribution is 0.00380. The van der Waals surface area contributed by atoms with Crippen molar-refractivity contribution in [2.75, 3.05) is 27.7 Å². The number of hydrogen-bond acceptors (Lipinski definition) is 5. The molecular weight excluding hydrogens is 612 g/mol. The molecule has 0 saturated heterocycles. The molecule has 3 unspecified atom stereocenters. The minimum Gasteiger partial charge on any atom is -0.481 e. The van der Waals surface area contributed by atoms with Crippen molar-refractivity contribution in [3.8, 4) is 5.88 Å². The highest BCUT2D eigenvalue weighted by Crippen LogP contribution is 2.47. The summed E-state index contributed by atoms with van der Waals surface area (Å²) < 4.78 is 6.78. The van der Waals surface area contributed by atoms with Gasteiger partial charge >= 0.3 is 0 Å². The van der Waals surface area contributed by atoms with Gasteiger partial charge in [-0.15, -0.1) is 0 Å². The summed E-state index contributed by atoms with van der Waals surface area (Å²) in [5, 5.41) is 25.5. The first-order valence-corrected chi connectivity index (χ1v) is 15.0. The van der Waals surface area contributed by atoms with Crippen molar-refractivity contribution >= 4 is 38.4 Å². The SMILES string of the molecule is COc1nc2ccc(C(O)c3cccc(Br)c3)cc2cc1C(c1ccc(Cl)cc1)C(O)(CCN(C)C)c1ccccc1. The first-order valence-electron chi connectivity index (χ1n) is 13.8. The van der Waals surface area contributed by atoms with Crippen LogP contribution in [0.3, 0.4) is 0 Å². The standard InChI is InChI=1S/C35H34BrClN2O3/c1-39(2)19-18-35(41,27-9-5-4-6-10-27)32(23-12-15-29(37)16-13-23)30-22-26-20-25(14-17-31(26)38-34(30)42-3)33(40)24-8-7-11-28(36)21-24/h4-17,20-22,32-33,40-41H,18-19H2,1-3H3. The Morgan fingerprint density at radius 3 is 2.24 bits per heavy atom. The number of ether oxygens (including phenoxy) is 1. The van der Waals surface area contributed by atoms with Gasteiger partial charge in [0.2, 0.25) is 5.88 Å². The molecular formula is C35H34BrClN2O3. The smallest absolute Gasteiger partial charge is 0.217 e. The van der Waals surface area contributed by atoms with Crippen LogP contribution in [0.15, 0.2) is 108 Å². The molecule has 0 aliphatic rings. The second kappa shape index (κ2) is 12.9. The van der Waals surface area contributed by atoms with Gasteiger partial charge in [-0.1, -0.05) is 88.2 Å². The average molecular weight is 646 g/mol. The summed E-state index contributed by atoms with van der Waals surface area (Å²) in [7, 11) is 5.60. The number of nitrogens with zero attached hydrogens (tertiary/aromatic N) is 2. The Morgan fingerprint density at radius 1 is 0.881 bits per heavy atom. The molecule has 1 heterocycles. The van der Waals surface area contributed by atoms with Crippen molar-refractivity contribution in [3.05, 3.63) is 140 Å². The number of halogens is 2. The fraction of sp³-hybridized carbons (Fsp3) is 0.229. The lowest BCUT2D eigenvalue weighted by Gasteiger charge is -2.39. The van der Waals surface area contributed by atoms with Crippen molar-refractivity contribution in [1.29, 1.82) is 0 Å². The molecule has 0 aliphatic heterocycles. The first-order chi connectivity index (χ1) is 20.2. The van der Waals surface area contributed by atoms with E-state index in [1.165, 1.54) is 0 Å². The maximum atomic E-state index is 12.8. The summed E-state index contributed by atoms with van der Waals surface area (Å²) in [5.74, 6) is -0.107. The number of benzene rings is 4. The summed E-state index contributed by atoms with van der Waals surface area (Å²) in [5.41, 5.74) is 3.37. The van der Waals surface area contributed by atoms with Crippen LogP contribution in [-0.4, -0.2) is 47.8 Å². The Kier molecular flexibility index (Phi) is 9.31. The molecule has 7 heteroatoms. The highest BCUT2D eigenvalue weighted by Gasteiger charge is 2.42. The minimum absolute atomic E-state index is 0.432. The highest BCUT2D eigenvalue weighted by molar-refractivity contribution is 9.10. The lowest BCUT2D eigenvalue weighted by atomic mass is 9.71. The van der Waals surface area contributed by atoms with Crippen molar-refractivity contribution in [2.45, 2.75) is 24.0 Å². The van der Waals surface area contributed by atoms with Crippen molar-refractivity contribution in [1.82, 2.24) is 9.88 Å². The maximum Gasteiger partial charge on any atom is 0.217 e. The Hall–Kier alpha value is -3.26. The largest absolute Gasteiger partial charge is 0.481 e. The average Bonchev–Trinajstić information content (AvgIpc) is 3.00. The zero-order valence-corrected chi connectivity index (χ0v) is 26.2. The molecule has 4 aromatic carbocycles. The zero-order chi connectivity index (χ0) is 29.9. The van der Waals surface area contributed by atoms with Crippen molar-refractivity contribution in [3.63, 3.8) is 0 Å². The van der Waals surface area contributed by atoms with E-state index in [0.717, 1.165) is 43.2 Å². The fourth-order valence-corrected chi connectivity index (χ4v) is 6.09. The molecule has 0 radical (unpaired) electrons. The second-order valence-corrected chi connectivity index (χ2v) is 12.2. The third kappa shape index (κ3) is 6.38. The van der Waals surface area contributed by atoms with Crippen LogP contribution in [0.25, 0.3) is 10.9 Å². The van der Waals surface area contributed by atoms with E-state index in [-0.39, 0.29) is 0 Å². The lowest BCUT2D eigenvalue weighted by Crippen LogP contribution is -2.37. The molecule has 3 atom stereocenters. The zero-order valence-electron chi connectivity index (χ0n) is 23.8. The molecule has 5 nitrogen and oxygen atoms in total. The molecule has 0 amide bonds. The third-order valence-corrected chi connectivity index (χ3v) is 8.46. The van der Waals surface area contributed by atoms with Crippen LogP contribution in [-0.2, 0) is 5.60 Å². The fourth-order valence-electron chi connectivity index (χ4n) is 5.55. The molecule has 5 aromatic rings. The second-order valence-electron chi connectivity index (χ2n) is 10.8. The number of methoxy groups -OCH3 is 1. The topological polar surface area (TPSA) is 65.8 Å². The van der Waals surface area contributed by atoms with E-state index in [1.54, 1.807) is 7.11 Å². The van der Waals surface area contributed by atoms with Gasteiger partial charge in [0, 0.05) is 32.9 Å². The number of fused-ring (bicyclic) bond motifs is 1. The summed E-state index contributed by atoms with van der Waals surface area (Å²) in [6, 6.07) is 32.8. The van der Waals surface area contributed by atoms with Gasteiger partial charge in [-0.05, 0) is 85.2 Å². The van der Waals surface area contributed by atoms with E-state index in [4.69, 9.17) is 21.3 Å². The number of pyridine rings is 1. The molecule has 0 spiro atoms. The monoisotopic (exact) mass is 644 g/mol. The van der Waals surface area contributed by atoms with E-state index in [2.05, 4.69) is 20.8 Å². The summed E-state index contributed by atoms with van der Waals surface area (Å²) in [6.45, 7) is 0.655. The van der Waals surface area contributed by atoms with E-state index in [0.29, 0.717) is 23.9 Å². The summed E-state index contributed by atoms with van der Waals surface area (Å²) >= 11 is 9.81. The molecule has 5 rings (SSSR count). The molecule has 216 valence electrons. The van der Waals surface area contributed by atoms with Crippen LogP contribution in [0.5, 0.6) is 5.88 Å². The van der Waals surface area contributed by atoms with Gasteiger partial charge in [0.05, 0.1) is 12.6 Å². The molecule has 1 aromatic heterocycles. The van der Waals surface area contributed by atoms with Gasteiger partial charge < -0.3 is 19.8 Å². The molecule has 2 N–H and O–H groups in total. The maximum absolute atomic E-state index is 12.8. The van der Waals surface area contributed by atoms with Crippen LogP contribution in [0.1, 0.15) is 46.3 Å². The molecule has 42 heavy (non-hydrogen) atoms. The predicted octanol–water partition coefficient (Wildman–Crippen LogP) is 7.71. The number of aromatic nitrogens is 1. The first kappa shape index (κ1) is 30.2. The molecule has 0 fully saturated rings. The number of rotatable bonds is 10. The van der Waals surface area contributed by atoms with Gasteiger partial charge in [-0.2, -0.15) is 0 Å². The predicted molar refractivity (Wildman–Crippen MR) is 173 cm³/mol. The Balaban J connectivity index is 1.72. The van der Waals surface area contributed by atoms with E-state index in [9.17, 15) is 10.2 Å². The number of hydrogen-bond donors (Lipinski definition) is 2. The minimum atomic E-state index is -1.31. The molecule has 0 saturated carbocycles. The van der Waals surface area contributed by atoms with Gasteiger partial charge in [-0.25, -0.2) is 4.98 Å². The van der Waals surface area contributed by atoms with Crippen LogP contribution < -0.4 is 4.74 Å². The number of aliphatic hydroxyl groups is 2. The van der Waals surface area contributed by atoms with E-state index >= 15 is 0 Å². The van der Waals surface area contributed by atoms with E-state index in [1.807, 2.05) is 117 Å². The van der Waals surface area contributed by atoms with Crippen LogP contribution >= 0.6 is 27.5 Å². The summed E-state index contributed by atoms with van der Waals surface area (Å²) in [6.07, 6.45) is -0.356. The normalized spacial score (nSPS) is 14.5. The van der Waals surface area contributed by atoms with Crippen molar-refractivity contribution in [2.24, 2.45) is 0 Å². The van der Waals surface area contributed by atoms with Gasteiger partial charge in [0.25, 0.3) is 0 Å². The molecule has 0 bridgehead atoms. The van der Waals surface area contributed by atoms with Gasteiger partial charge in [0.1, 0.15) is 11.7 Å². The van der Waals surface area contributed by atoms with Crippen LogP contribution in [0.4, 0.5) is 0 Å². The summed E-state index contributed by atoms with van der Waals surface area (Å²) in [4.78, 5) is 6.96. The van der Waals surface area contributed by atoms with Crippen molar-refractivity contribution < 1.29 is 14.9 Å². The Morgan fingerprint density at radius 2 is 1.57 bits per heavy atom. The van der Waals surface area contributed by atoms with Crippen LogP contribution in [0, 0.1) is 0 Å². The Labute approximate surface area is 260 Å². The number of aliphatic hydroxyl groups excluding tert-OH is 1. The van der Waals surface area contributed by atoms with Gasteiger partial charge in [0.15, 0.2) is 0 Å². The van der Waals surface area contributed by atoms with E-state index < -0.39 is 17.6 Å². The highest BCUT2D eigenvalue weighted by atomic mass is 79.9. The van der Waals surface area contributed by atoms with Gasteiger partial charge in [-0.3, -0.25) is 0 Å². The third-order valence-electron chi connectivity index (χ3n) is 7.71. The molecule has 0 aliphatic carbocycles. The quantitative estimate of drug-likeness (QED) is 0.163. The van der Waals surface area contributed by atoms with Crippen LogP contribution in [0.2, 0.25) is 5.02 Å².